The summed E-state index contributed by atoms with van der Waals surface area (Å²) in [6.45, 7) is 1.92. The van der Waals surface area contributed by atoms with Gasteiger partial charge in [0.1, 0.15) is 4.21 Å². The molecule has 0 amide bonds. The van der Waals surface area contributed by atoms with E-state index in [1.165, 1.54) is 4.31 Å². The SMILES string of the molecule is C[C@H]1Cc2ccccc2N1S(=O)(=O)c1ccc(Cl)s1. The molecule has 0 bridgehead atoms. The second-order valence-electron chi connectivity index (χ2n) is 4.54. The Morgan fingerprint density at radius 3 is 2.68 bits per heavy atom. The molecule has 6 heteroatoms. The van der Waals surface area contributed by atoms with Gasteiger partial charge in [-0.05, 0) is 37.1 Å². The standard InChI is InChI=1S/C13H12ClNO2S2/c1-9-8-10-4-2-3-5-11(10)15(9)19(16,17)13-7-6-12(14)18-13/h2-7,9H,8H2,1H3/t9-/m0/s1. The van der Waals surface area contributed by atoms with Gasteiger partial charge in [-0.25, -0.2) is 8.42 Å². The molecular weight excluding hydrogens is 302 g/mol. The fourth-order valence-corrected chi connectivity index (χ4v) is 5.70. The Hall–Kier alpha value is -1.04. The number of hydrogen-bond acceptors (Lipinski definition) is 3. The first-order valence-electron chi connectivity index (χ1n) is 5.88. The van der Waals surface area contributed by atoms with E-state index >= 15 is 0 Å². The van der Waals surface area contributed by atoms with E-state index < -0.39 is 10.0 Å². The second kappa shape index (κ2) is 4.51. The average Bonchev–Trinajstić information content (AvgIpc) is 2.92. The lowest BCUT2D eigenvalue weighted by atomic mass is 10.1. The summed E-state index contributed by atoms with van der Waals surface area (Å²) in [4.78, 5) is 0. The van der Waals surface area contributed by atoms with Crippen LogP contribution in [0.1, 0.15) is 12.5 Å². The van der Waals surface area contributed by atoms with E-state index in [1.54, 1.807) is 12.1 Å². The number of nitrogens with zero attached hydrogens (tertiary/aromatic N) is 1. The van der Waals surface area contributed by atoms with Crippen molar-refractivity contribution < 1.29 is 8.42 Å². The maximum absolute atomic E-state index is 12.7. The number of benzene rings is 1. The molecule has 0 spiro atoms. The molecule has 1 aromatic carbocycles. The highest BCUT2D eigenvalue weighted by Crippen LogP contribution is 2.38. The Labute approximate surface area is 121 Å². The van der Waals surface area contributed by atoms with Crippen LogP contribution in [0.2, 0.25) is 4.34 Å². The molecule has 1 atom stereocenters. The van der Waals surface area contributed by atoms with E-state index in [-0.39, 0.29) is 6.04 Å². The monoisotopic (exact) mass is 313 g/mol. The summed E-state index contributed by atoms with van der Waals surface area (Å²) in [6.07, 6.45) is 0.745. The third-order valence-electron chi connectivity index (χ3n) is 3.21. The summed E-state index contributed by atoms with van der Waals surface area (Å²) in [5.74, 6) is 0. The number of anilines is 1. The summed E-state index contributed by atoms with van der Waals surface area (Å²) in [6, 6.07) is 10.7. The second-order valence-corrected chi connectivity index (χ2v) is 8.30. The fourth-order valence-electron chi connectivity index (χ4n) is 2.44. The number of thiophene rings is 1. The highest BCUT2D eigenvalue weighted by atomic mass is 35.5. The third-order valence-corrected chi connectivity index (χ3v) is 6.83. The first-order chi connectivity index (χ1) is 9.00. The van der Waals surface area contributed by atoms with Crippen molar-refractivity contribution in [2.45, 2.75) is 23.6 Å². The molecule has 0 unspecified atom stereocenters. The van der Waals surface area contributed by atoms with Gasteiger partial charge in [-0.1, -0.05) is 29.8 Å². The van der Waals surface area contributed by atoms with Crippen LogP contribution >= 0.6 is 22.9 Å². The summed E-state index contributed by atoms with van der Waals surface area (Å²) in [5, 5.41) is 0. The maximum atomic E-state index is 12.7. The number of fused-ring (bicyclic) bond motifs is 1. The van der Waals surface area contributed by atoms with Gasteiger partial charge in [0, 0.05) is 6.04 Å². The van der Waals surface area contributed by atoms with Gasteiger partial charge in [-0.3, -0.25) is 4.31 Å². The molecule has 0 saturated heterocycles. The highest BCUT2D eigenvalue weighted by Gasteiger charge is 2.36. The molecule has 2 aromatic rings. The van der Waals surface area contributed by atoms with E-state index in [2.05, 4.69) is 0 Å². The largest absolute Gasteiger partial charge is 0.274 e. The lowest BCUT2D eigenvalue weighted by Gasteiger charge is -2.23. The van der Waals surface area contributed by atoms with Crippen LogP contribution in [-0.4, -0.2) is 14.5 Å². The Morgan fingerprint density at radius 1 is 1.26 bits per heavy atom. The lowest BCUT2D eigenvalue weighted by Crippen LogP contribution is -2.35. The summed E-state index contributed by atoms with van der Waals surface area (Å²) in [7, 11) is -3.51. The molecule has 3 nitrogen and oxygen atoms in total. The Kier molecular flexibility index (Phi) is 3.08. The van der Waals surface area contributed by atoms with E-state index in [1.807, 2.05) is 31.2 Å². The number of rotatable bonds is 2. The van der Waals surface area contributed by atoms with E-state index in [0.29, 0.717) is 8.55 Å². The Bertz CT molecular complexity index is 724. The maximum Gasteiger partial charge on any atom is 0.274 e. The van der Waals surface area contributed by atoms with Gasteiger partial charge in [0.05, 0.1) is 10.0 Å². The van der Waals surface area contributed by atoms with Crippen LogP contribution in [0.3, 0.4) is 0 Å². The molecule has 1 aromatic heterocycles. The number of sulfonamides is 1. The molecule has 0 aliphatic carbocycles. The molecule has 1 aliphatic rings. The third kappa shape index (κ3) is 2.06. The minimum absolute atomic E-state index is 0.0664. The topological polar surface area (TPSA) is 37.4 Å². The minimum atomic E-state index is -3.51. The molecule has 0 N–H and O–H groups in total. The van der Waals surface area contributed by atoms with Gasteiger partial charge in [-0.2, -0.15) is 0 Å². The van der Waals surface area contributed by atoms with E-state index in [9.17, 15) is 8.42 Å². The van der Waals surface area contributed by atoms with Crippen molar-refractivity contribution in [3.8, 4) is 0 Å². The van der Waals surface area contributed by atoms with Gasteiger partial charge in [-0.15, -0.1) is 11.3 Å². The van der Waals surface area contributed by atoms with Crippen LogP contribution in [-0.2, 0) is 16.4 Å². The van der Waals surface area contributed by atoms with Gasteiger partial charge in [0.2, 0.25) is 0 Å². The van der Waals surface area contributed by atoms with Crippen molar-refractivity contribution in [2.75, 3.05) is 4.31 Å². The van der Waals surface area contributed by atoms with Crippen LogP contribution in [0.4, 0.5) is 5.69 Å². The van der Waals surface area contributed by atoms with Crippen molar-refractivity contribution in [1.29, 1.82) is 0 Å². The van der Waals surface area contributed by atoms with Crippen molar-refractivity contribution in [1.82, 2.24) is 0 Å². The zero-order chi connectivity index (χ0) is 13.6. The summed E-state index contributed by atoms with van der Waals surface area (Å²) in [5.41, 5.74) is 1.85. The van der Waals surface area contributed by atoms with Crippen LogP contribution in [0.15, 0.2) is 40.6 Å². The van der Waals surface area contributed by atoms with Crippen LogP contribution in [0, 0.1) is 0 Å². The first kappa shape index (κ1) is 13.0. The van der Waals surface area contributed by atoms with E-state index in [0.717, 1.165) is 29.0 Å². The van der Waals surface area contributed by atoms with Gasteiger partial charge in [0.15, 0.2) is 0 Å². The zero-order valence-electron chi connectivity index (χ0n) is 10.2. The first-order valence-corrected chi connectivity index (χ1v) is 8.51. The molecule has 0 fully saturated rings. The normalized spacial score (nSPS) is 18.6. The molecule has 3 rings (SSSR count). The number of hydrogen-bond donors (Lipinski definition) is 0. The van der Waals surface area contributed by atoms with Gasteiger partial charge >= 0.3 is 0 Å². The summed E-state index contributed by atoms with van der Waals surface area (Å²) >= 11 is 6.94. The van der Waals surface area contributed by atoms with Gasteiger partial charge in [0.25, 0.3) is 10.0 Å². The molecule has 0 saturated carbocycles. The quantitative estimate of drug-likeness (QED) is 0.850. The highest BCUT2D eigenvalue weighted by molar-refractivity contribution is 7.94. The fraction of sp³-hybridized carbons (Fsp3) is 0.231. The summed E-state index contributed by atoms with van der Waals surface area (Å²) < 4.78 is 27.7. The zero-order valence-corrected chi connectivity index (χ0v) is 12.6. The Morgan fingerprint density at radius 2 is 2.00 bits per heavy atom. The molecule has 19 heavy (non-hydrogen) atoms. The minimum Gasteiger partial charge on any atom is -0.262 e. The predicted octanol–water partition coefficient (Wildman–Crippen LogP) is 3.54. The molecule has 2 heterocycles. The molecule has 0 radical (unpaired) electrons. The van der Waals surface area contributed by atoms with Crippen molar-refractivity contribution in [2.24, 2.45) is 0 Å². The van der Waals surface area contributed by atoms with Gasteiger partial charge < -0.3 is 0 Å². The molecular formula is C13H12ClNO2S2. The van der Waals surface area contributed by atoms with Crippen LogP contribution < -0.4 is 4.31 Å². The smallest absolute Gasteiger partial charge is 0.262 e. The van der Waals surface area contributed by atoms with Crippen molar-refractivity contribution >= 4 is 38.6 Å². The predicted molar refractivity (Wildman–Crippen MR) is 78.6 cm³/mol. The number of halogens is 1. The Balaban J connectivity index is 2.12. The molecule has 1 aliphatic heterocycles. The van der Waals surface area contributed by atoms with E-state index in [4.69, 9.17) is 11.6 Å². The lowest BCUT2D eigenvalue weighted by molar-refractivity contribution is 0.586. The molecule has 100 valence electrons. The average molecular weight is 314 g/mol. The van der Waals surface area contributed by atoms with Crippen molar-refractivity contribution in [3.63, 3.8) is 0 Å². The van der Waals surface area contributed by atoms with Crippen LogP contribution in [0.25, 0.3) is 0 Å². The van der Waals surface area contributed by atoms with Crippen LogP contribution in [0.5, 0.6) is 0 Å². The number of para-hydroxylation sites is 1. The van der Waals surface area contributed by atoms with Crippen molar-refractivity contribution in [3.05, 3.63) is 46.3 Å².